The van der Waals surface area contributed by atoms with Crippen molar-refractivity contribution in [2.24, 2.45) is 0 Å². The highest BCUT2D eigenvalue weighted by Crippen LogP contribution is 2.28. The van der Waals surface area contributed by atoms with E-state index < -0.39 is 0 Å². The second-order valence-corrected chi connectivity index (χ2v) is 10.8. The second-order valence-electron chi connectivity index (χ2n) is 9.45. The number of amides is 1. The highest BCUT2D eigenvalue weighted by atomic mass is 35.5. The van der Waals surface area contributed by atoms with Crippen molar-refractivity contribution >= 4 is 29.3 Å². The Morgan fingerprint density at radius 1 is 1.00 bits per heavy atom. The molecule has 0 saturated heterocycles. The molecule has 1 amide bonds. The molecule has 0 aliphatic rings. The molecule has 0 spiro atoms. The van der Waals surface area contributed by atoms with E-state index in [-0.39, 0.29) is 17.9 Å². The van der Waals surface area contributed by atoms with Crippen LogP contribution >= 0.6 is 23.4 Å². The molecule has 3 aromatic carbocycles. The first-order chi connectivity index (χ1) is 16.7. The maximum Gasteiger partial charge on any atom is 0.251 e. The van der Waals surface area contributed by atoms with E-state index in [0.29, 0.717) is 16.4 Å². The first-order valence-electron chi connectivity index (χ1n) is 11.5. The smallest absolute Gasteiger partial charge is 0.251 e. The van der Waals surface area contributed by atoms with Gasteiger partial charge in [0.25, 0.3) is 5.91 Å². The Balaban J connectivity index is 1.57. The molecule has 35 heavy (non-hydrogen) atoms. The largest absolute Gasteiger partial charge is 0.345 e. The predicted octanol–water partition coefficient (Wildman–Crippen LogP) is 6.75. The number of nitrogens with one attached hydrogen (secondary N) is 1. The fraction of sp³-hybridized carbons (Fsp3) is 0.250. The summed E-state index contributed by atoms with van der Waals surface area (Å²) in [6.45, 7) is 8.72. The van der Waals surface area contributed by atoms with Gasteiger partial charge in [-0.2, -0.15) is 0 Å². The molecular formula is C28H29ClN4OS. The summed E-state index contributed by atoms with van der Waals surface area (Å²) in [7, 11) is 0. The predicted molar refractivity (Wildman–Crippen MR) is 143 cm³/mol. The first kappa shape index (κ1) is 25.0. The number of carbonyl (C=O) groups excluding carboxylic acids is 1. The Hall–Kier alpha value is -3.09. The molecule has 7 heteroatoms. The van der Waals surface area contributed by atoms with Crippen molar-refractivity contribution in [3.63, 3.8) is 0 Å². The number of hydrogen-bond acceptors (Lipinski definition) is 4. The summed E-state index contributed by atoms with van der Waals surface area (Å²) in [6, 6.07) is 23.7. The molecule has 1 heterocycles. The zero-order chi connectivity index (χ0) is 25.0. The van der Waals surface area contributed by atoms with Crippen LogP contribution in [0.4, 0.5) is 0 Å². The topological polar surface area (TPSA) is 59.8 Å². The highest BCUT2D eigenvalue weighted by molar-refractivity contribution is 7.98. The third kappa shape index (κ3) is 6.13. The SMILES string of the molecule is Cc1ccc(Cl)cc1-n1c(CNC(=O)c2ccc(C(C)(C)C)cc2)nnc1SCc1ccccc1. The van der Waals surface area contributed by atoms with E-state index in [1.807, 2.05) is 72.2 Å². The maximum absolute atomic E-state index is 12.9. The van der Waals surface area contributed by atoms with Crippen LogP contribution in [-0.2, 0) is 17.7 Å². The minimum absolute atomic E-state index is 0.0358. The van der Waals surface area contributed by atoms with Gasteiger partial charge in [-0.3, -0.25) is 9.36 Å². The Kier molecular flexibility index (Phi) is 7.63. The first-order valence-corrected chi connectivity index (χ1v) is 12.8. The van der Waals surface area contributed by atoms with Crippen LogP contribution in [0.2, 0.25) is 5.02 Å². The van der Waals surface area contributed by atoms with Gasteiger partial charge in [-0.1, -0.05) is 92.7 Å². The number of hydrogen-bond donors (Lipinski definition) is 1. The van der Waals surface area contributed by atoms with Crippen LogP contribution in [0.5, 0.6) is 0 Å². The molecule has 180 valence electrons. The van der Waals surface area contributed by atoms with Crippen molar-refractivity contribution < 1.29 is 4.79 Å². The molecule has 0 fully saturated rings. The summed E-state index contributed by atoms with van der Waals surface area (Å²) < 4.78 is 1.98. The fourth-order valence-electron chi connectivity index (χ4n) is 3.68. The van der Waals surface area contributed by atoms with Crippen LogP contribution in [-0.4, -0.2) is 20.7 Å². The number of rotatable bonds is 7. The molecule has 0 aliphatic heterocycles. The molecule has 0 radical (unpaired) electrons. The molecule has 5 nitrogen and oxygen atoms in total. The van der Waals surface area contributed by atoms with Crippen LogP contribution in [0.15, 0.2) is 78.0 Å². The van der Waals surface area contributed by atoms with E-state index in [1.54, 1.807) is 11.8 Å². The maximum atomic E-state index is 12.9. The molecule has 0 aliphatic carbocycles. The van der Waals surface area contributed by atoms with Crippen molar-refractivity contribution in [3.8, 4) is 5.69 Å². The monoisotopic (exact) mass is 504 g/mol. The molecule has 0 atom stereocenters. The van der Waals surface area contributed by atoms with Crippen molar-refractivity contribution in [2.75, 3.05) is 0 Å². The molecule has 0 saturated carbocycles. The molecular weight excluding hydrogens is 476 g/mol. The summed E-state index contributed by atoms with van der Waals surface area (Å²) in [6.07, 6.45) is 0. The van der Waals surface area contributed by atoms with Crippen LogP contribution < -0.4 is 5.32 Å². The van der Waals surface area contributed by atoms with Gasteiger partial charge in [0.15, 0.2) is 11.0 Å². The van der Waals surface area contributed by atoms with Crippen LogP contribution in [0.1, 0.15) is 53.6 Å². The van der Waals surface area contributed by atoms with Gasteiger partial charge in [-0.25, -0.2) is 0 Å². The number of aryl methyl sites for hydroxylation is 1. The number of nitrogens with zero attached hydrogens (tertiary/aromatic N) is 3. The van der Waals surface area contributed by atoms with E-state index in [2.05, 4.69) is 48.4 Å². The van der Waals surface area contributed by atoms with E-state index in [1.165, 1.54) is 11.1 Å². The standard InChI is InChI=1S/C28H29ClN4OS/c1-19-10-15-23(29)16-24(19)33-25(31-32-27(33)35-18-20-8-6-5-7-9-20)17-30-26(34)21-11-13-22(14-12-21)28(2,3)4/h5-16H,17-18H2,1-4H3,(H,30,34). The Morgan fingerprint density at radius 2 is 1.71 bits per heavy atom. The number of benzene rings is 3. The average molecular weight is 505 g/mol. The van der Waals surface area contributed by atoms with Gasteiger partial charge in [0.1, 0.15) is 0 Å². The Labute approximate surface area is 215 Å². The van der Waals surface area contributed by atoms with Crippen molar-refractivity contribution in [1.82, 2.24) is 20.1 Å². The zero-order valence-electron chi connectivity index (χ0n) is 20.4. The van der Waals surface area contributed by atoms with Gasteiger partial charge >= 0.3 is 0 Å². The lowest BCUT2D eigenvalue weighted by atomic mass is 9.87. The van der Waals surface area contributed by atoms with Gasteiger partial charge in [-0.15, -0.1) is 10.2 Å². The van der Waals surface area contributed by atoms with Gasteiger partial charge in [0, 0.05) is 16.3 Å². The average Bonchev–Trinajstić information content (AvgIpc) is 3.25. The minimum atomic E-state index is -0.152. The number of halogens is 1. The highest BCUT2D eigenvalue weighted by Gasteiger charge is 2.18. The summed E-state index contributed by atoms with van der Waals surface area (Å²) in [5, 5.41) is 13.3. The summed E-state index contributed by atoms with van der Waals surface area (Å²) in [4.78, 5) is 12.9. The number of aromatic nitrogens is 3. The third-order valence-corrected chi connectivity index (χ3v) is 6.98. The van der Waals surface area contributed by atoms with Crippen LogP contribution in [0.25, 0.3) is 5.69 Å². The molecule has 0 bridgehead atoms. The van der Waals surface area contributed by atoms with Crippen LogP contribution in [0, 0.1) is 6.92 Å². The lowest BCUT2D eigenvalue weighted by molar-refractivity contribution is 0.0949. The quantitative estimate of drug-likeness (QED) is 0.283. The summed E-state index contributed by atoms with van der Waals surface area (Å²) in [5.41, 5.74) is 4.97. The Bertz CT molecular complexity index is 1310. The Morgan fingerprint density at radius 3 is 2.40 bits per heavy atom. The second kappa shape index (κ2) is 10.7. The van der Waals surface area contributed by atoms with Crippen molar-refractivity contribution in [2.45, 2.75) is 50.6 Å². The van der Waals surface area contributed by atoms with Gasteiger partial charge in [-0.05, 0) is 53.3 Å². The van der Waals surface area contributed by atoms with Gasteiger partial charge in [0.2, 0.25) is 0 Å². The fourth-order valence-corrected chi connectivity index (χ4v) is 4.76. The molecule has 4 aromatic rings. The van der Waals surface area contributed by atoms with Gasteiger partial charge in [0.05, 0.1) is 12.2 Å². The lowest BCUT2D eigenvalue weighted by Crippen LogP contribution is -2.25. The summed E-state index contributed by atoms with van der Waals surface area (Å²) >= 11 is 7.93. The van der Waals surface area contributed by atoms with E-state index in [4.69, 9.17) is 11.6 Å². The zero-order valence-corrected chi connectivity index (χ0v) is 22.0. The molecule has 0 unspecified atom stereocenters. The lowest BCUT2D eigenvalue weighted by Gasteiger charge is -2.19. The van der Waals surface area contributed by atoms with E-state index in [9.17, 15) is 4.79 Å². The number of thioether (sulfide) groups is 1. The molecule has 1 N–H and O–H groups in total. The molecule has 4 rings (SSSR count). The van der Waals surface area contributed by atoms with Crippen molar-refractivity contribution in [1.29, 1.82) is 0 Å². The normalized spacial score (nSPS) is 11.5. The van der Waals surface area contributed by atoms with Crippen LogP contribution in [0.3, 0.4) is 0 Å². The molecule has 1 aromatic heterocycles. The van der Waals surface area contributed by atoms with Gasteiger partial charge < -0.3 is 5.32 Å². The summed E-state index contributed by atoms with van der Waals surface area (Å²) in [5.74, 6) is 1.25. The van der Waals surface area contributed by atoms with E-state index in [0.717, 1.165) is 22.2 Å². The number of carbonyl (C=O) groups is 1. The minimum Gasteiger partial charge on any atom is -0.345 e. The third-order valence-electron chi connectivity index (χ3n) is 5.74. The van der Waals surface area contributed by atoms with Crippen molar-refractivity contribution in [3.05, 3.63) is 106 Å². The van der Waals surface area contributed by atoms with E-state index >= 15 is 0 Å².